The lowest BCUT2D eigenvalue weighted by molar-refractivity contribution is -0.154. The molecule has 3 fully saturated rings. The van der Waals surface area contributed by atoms with Crippen LogP contribution < -0.4 is 9.64 Å². The Hall–Kier alpha value is -3.17. The molecule has 9 heteroatoms. The van der Waals surface area contributed by atoms with E-state index in [4.69, 9.17) is 19.3 Å². The number of unbranched alkanes of at least 4 members (excludes halogenated alkanes) is 3. The second kappa shape index (κ2) is 12.1. The van der Waals surface area contributed by atoms with E-state index in [9.17, 15) is 14.4 Å². The second-order valence-electron chi connectivity index (χ2n) is 10.1. The monoisotopic (exact) mass is 526 g/mol. The average molecular weight is 527 g/mol. The fourth-order valence-corrected chi connectivity index (χ4v) is 6.29. The van der Waals surface area contributed by atoms with Gasteiger partial charge in [0.05, 0.1) is 25.0 Å². The largest absolute Gasteiger partial charge is 0.497 e. The van der Waals surface area contributed by atoms with Crippen LogP contribution in [0.15, 0.2) is 49.6 Å². The Bertz CT molecular complexity index is 1040. The van der Waals surface area contributed by atoms with Crippen LogP contribution in [0.4, 0.5) is 5.69 Å². The second-order valence-corrected chi connectivity index (χ2v) is 10.1. The number of anilines is 1. The molecule has 2 bridgehead atoms. The van der Waals surface area contributed by atoms with E-state index in [1.807, 2.05) is 0 Å². The van der Waals surface area contributed by atoms with Gasteiger partial charge >= 0.3 is 5.97 Å². The minimum absolute atomic E-state index is 0.0531. The molecule has 206 valence electrons. The predicted molar refractivity (Wildman–Crippen MR) is 142 cm³/mol. The lowest BCUT2D eigenvalue weighted by Gasteiger charge is -2.36. The number of rotatable bonds is 14. The van der Waals surface area contributed by atoms with Crippen LogP contribution in [0, 0.1) is 11.8 Å². The summed E-state index contributed by atoms with van der Waals surface area (Å²) in [7, 11) is 1.58. The average Bonchev–Trinajstić information content (AvgIpc) is 3.57. The maximum atomic E-state index is 14.4. The molecule has 38 heavy (non-hydrogen) atoms. The molecule has 4 rings (SSSR count). The third-order valence-electron chi connectivity index (χ3n) is 7.92. The van der Waals surface area contributed by atoms with Gasteiger partial charge in [-0.05, 0) is 49.9 Å². The number of carbonyl (C=O) groups is 3. The van der Waals surface area contributed by atoms with Gasteiger partial charge in [-0.25, -0.2) is 0 Å². The van der Waals surface area contributed by atoms with E-state index in [-0.39, 0.29) is 31.6 Å². The first-order valence-electron chi connectivity index (χ1n) is 13.4. The Morgan fingerprint density at radius 3 is 2.58 bits per heavy atom. The molecule has 2 unspecified atom stereocenters. The van der Waals surface area contributed by atoms with Crippen molar-refractivity contribution in [1.82, 2.24) is 4.90 Å². The number of hydrogen-bond acceptors (Lipinski definition) is 7. The van der Waals surface area contributed by atoms with Crippen molar-refractivity contribution in [3.8, 4) is 5.75 Å². The maximum Gasteiger partial charge on any atom is 0.312 e. The van der Waals surface area contributed by atoms with Gasteiger partial charge < -0.3 is 29.1 Å². The Balaban J connectivity index is 1.68. The van der Waals surface area contributed by atoms with Crippen molar-refractivity contribution in [2.24, 2.45) is 11.8 Å². The summed E-state index contributed by atoms with van der Waals surface area (Å²) in [6.07, 6.45) is 6.78. The number of methoxy groups -OCH3 is 1. The quantitative estimate of drug-likeness (QED) is 0.226. The number of benzene rings is 1. The number of fused-ring (bicyclic) bond motifs is 1. The summed E-state index contributed by atoms with van der Waals surface area (Å²) in [4.78, 5) is 44.6. The molecule has 1 aromatic carbocycles. The van der Waals surface area contributed by atoms with E-state index in [2.05, 4.69) is 13.2 Å². The normalized spacial score (nSPS) is 27.2. The van der Waals surface area contributed by atoms with Crippen molar-refractivity contribution in [2.45, 2.75) is 56.3 Å². The highest BCUT2D eigenvalue weighted by Crippen LogP contribution is 2.59. The molecule has 1 N–H and O–H groups in total. The highest BCUT2D eigenvalue weighted by Gasteiger charge is 2.75. The number of carbonyl (C=O) groups excluding carboxylic acids is 3. The Labute approximate surface area is 224 Å². The third-order valence-corrected chi connectivity index (χ3v) is 7.92. The first-order chi connectivity index (χ1) is 18.4. The van der Waals surface area contributed by atoms with E-state index in [0.29, 0.717) is 43.7 Å². The summed E-state index contributed by atoms with van der Waals surface area (Å²) < 4.78 is 17.1. The summed E-state index contributed by atoms with van der Waals surface area (Å²) in [5.41, 5.74) is -0.436. The van der Waals surface area contributed by atoms with Crippen LogP contribution in [0.1, 0.15) is 38.5 Å². The van der Waals surface area contributed by atoms with Gasteiger partial charge in [-0.3, -0.25) is 14.4 Å². The van der Waals surface area contributed by atoms with Crippen LogP contribution in [0.5, 0.6) is 5.75 Å². The van der Waals surface area contributed by atoms with Crippen molar-refractivity contribution in [2.75, 3.05) is 38.3 Å². The molecular weight excluding hydrogens is 488 g/mol. The zero-order chi connectivity index (χ0) is 27.3. The van der Waals surface area contributed by atoms with E-state index in [0.717, 1.165) is 12.8 Å². The van der Waals surface area contributed by atoms with E-state index in [1.165, 1.54) is 6.08 Å². The van der Waals surface area contributed by atoms with Crippen molar-refractivity contribution in [1.29, 1.82) is 0 Å². The topological polar surface area (TPSA) is 106 Å². The van der Waals surface area contributed by atoms with Crippen LogP contribution in [-0.4, -0.2) is 79.0 Å². The van der Waals surface area contributed by atoms with Gasteiger partial charge in [0.15, 0.2) is 0 Å². The number of hydrogen-bond donors (Lipinski definition) is 1. The molecule has 0 aliphatic carbocycles. The molecule has 0 radical (unpaired) electrons. The standard InChI is InChI=1S/C29H38N2O7/c1-4-16-30(20-10-12-21(36-3)13-11-20)27(34)25-29-15-14-22(38-29)23(28(35)37-19-5-2)24(29)26(33)31(25)17-8-6-7-9-18-32/h4-5,10-13,22-25,32H,1-2,6-9,14-19H2,3H3/t22-,23+,24+,25?,29?/m1/s1. The number of likely N-dealkylation sites (tertiary alicyclic amines) is 1. The minimum Gasteiger partial charge on any atom is -0.497 e. The van der Waals surface area contributed by atoms with Crippen molar-refractivity contribution in [3.05, 3.63) is 49.6 Å². The molecule has 2 amide bonds. The summed E-state index contributed by atoms with van der Waals surface area (Å²) in [5.74, 6) is -1.84. The highest BCUT2D eigenvalue weighted by molar-refractivity contribution is 6.04. The van der Waals surface area contributed by atoms with Crippen LogP contribution in [0.3, 0.4) is 0 Å². The number of amides is 2. The van der Waals surface area contributed by atoms with Crippen molar-refractivity contribution in [3.63, 3.8) is 0 Å². The molecule has 1 spiro atoms. The van der Waals surface area contributed by atoms with Crippen molar-refractivity contribution >= 4 is 23.5 Å². The first kappa shape index (κ1) is 27.9. The van der Waals surface area contributed by atoms with Crippen LogP contribution in [-0.2, 0) is 23.9 Å². The van der Waals surface area contributed by atoms with E-state index < -0.39 is 35.6 Å². The lowest BCUT2D eigenvalue weighted by Crippen LogP contribution is -2.56. The fourth-order valence-electron chi connectivity index (χ4n) is 6.29. The molecule has 9 nitrogen and oxygen atoms in total. The molecule has 3 aliphatic heterocycles. The molecule has 5 atom stereocenters. The maximum absolute atomic E-state index is 14.4. The third kappa shape index (κ3) is 4.97. The molecule has 0 saturated carbocycles. The van der Waals surface area contributed by atoms with Gasteiger partial charge in [-0.15, -0.1) is 6.58 Å². The minimum atomic E-state index is -1.09. The molecular formula is C29H38N2O7. The summed E-state index contributed by atoms with van der Waals surface area (Å²) in [6, 6.07) is 6.28. The molecule has 1 aromatic rings. The van der Waals surface area contributed by atoms with Gasteiger partial charge in [0.25, 0.3) is 5.91 Å². The molecule has 3 heterocycles. The summed E-state index contributed by atoms with van der Waals surface area (Å²) >= 11 is 0. The molecule has 3 aliphatic rings. The van der Waals surface area contributed by atoms with E-state index in [1.54, 1.807) is 47.3 Å². The number of esters is 1. The SMILES string of the molecule is C=CCOC(=O)[C@@H]1[C@H]2C(=O)N(CCCCCCO)C(C(=O)N(CC=C)c3ccc(OC)cc3)C23CC[C@H]1O3. The van der Waals surface area contributed by atoms with E-state index >= 15 is 0 Å². The number of ether oxygens (including phenoxy) is 3. The first-order valence-corrected chi connectivity index (χ1v) is 13.4. The fraction of sp³-hybridized carbons (Fsp3) is 0.552. The van der Waals surface area contributed by atoms with Gasteiger partial charge in [0.2, 0.25) is 5.91 Å². The summed E-state index contributed by atoms with van der Waals surface area (Å²) in [6.45, 7) is 8.22. The zero-order valence-corrected chi connectivity index (χ0v) is 22.0. The van der Waals surface area contributed by atoms with Crippen LogP contribution >= 0.6 is 0 Å². The van der Waals surface area contributed by atoms with Crippen molar-refractivity contribution < 1.29 is 33.7 Å². The summed E-state index contributed by atoms with van der Waals surface area (Å²) in [5, 5.41) is 9.11. The predicted octanol–water partition coefficient (Wildman–Crippen LogP) is 2.87. The van der Waals surface area contributed by atoms with Crippen LogP contribution in [0.25, 0.3) is 0 Å². The number of aliphatic hydroxyl groups excluding tert-OH is 1. The Morgan fingerprint density at radius 1 is 1.18 bits per heavy atom. The van der Waals surface area contributed by atoms with Gasteiger partial charge in [-0.2, -0.15) is 0 Å². The van der Waals surface area contributed by atoms with Gasteiger partial charge in [0.1, 0.15) is 24.0 Å². The number of nitrogens with zero attached hydrogens (tertiary/aromatic N) is 2. The molecule has 0 aromatic heterocycles. The Kier molecular flexibility index (Phi) is 8.89. The zero-order valence-electron chi connectivity index (χ0n) is 22.0. The highest BCUT2D eigenvalue weighted by atomic mass is 16.6. The lowest BCUT2D eigenvalue weighted by atomic mass is 9.70. The smallest absolute Gasteiger partial charge is 0.312 e. The van der Waals surface area contributed by atoms with Gasteiger partial charge in [-0.1, -0.05) is 31.6 Å². The van der Waals surface area contributed by atoms with Crippen LogP contribution in [0.2, 0.25) is 0 Å². The molecule has 3 saturated heterocycles. The Morgan fingerprint density at radius 2 is 1.92 bits per heavy atom. The number of aliphatic hydroxyl groups is 1. The van der Waals surface area contributed by atoms with Gasteiger partial charge in [0, 0.05) is 25.4 Å².